The number of hydrogen-bond donors (Lipinski definition) is 1. The van der Waals surface area contributed by atoms with E-state index >= 15 is 0 Å². The highest BCUT2D eigenvalue weighted by Gasteiger charge is 2.28. The molecule has 3 aromatic rings. The minimum Gasteiger partial charge on any atom is -0.489 e. The second-order valence-electron chi connectivity index (χ2n) is 6.83. The largest absolute Gasteiger partial charge is 0.489 e. The van der Waals surface area contributed by atoms with Crippen molar-refractivity contribution in [2.45, 2.75) is 24.5 Å². The molecule has 0 heterocycles. The number of halogens is 1. The van der Waals surface area contributed by atoms with Gasteiger partial charge in [0.1, 0.15) is 24.2 Å². The molecule has 0 saturated heterocycles. The SMILES string of the molecule is COC(=O)[C@H](NS(=O)(=O)c1ccc(F)c(C)c1)c1ccc(OCc2ccccc2)cc1. The number of ether oxygens (including phenoxy) is 2. The molecule has 1 N–H and O–H groups in total. The molecule has 0 saturated carbocycles. The molecule has 1 atom stereocenters. The van der Waals surface area contributed by atoms with Gasteiger partial charge in [0.25, 0.3) is 0 Å². The number of aryl methyl sites for hydroxylation is 1. The van der Waals surface area contributed by atoms with Crippen LogP contribution in [0.5, 0.6) is 5.75 Å². The van der Waals surface area contributed by atoms with Crippen LogP contribution in [0.15, 0.2) is 77.7 Å². The van der Waals surface area contributed by atoms with Crippen LogP contribution in [0.2, 0.25) is 0 Å². The molecule has 0 aliphatic carbocycles. The summed E-state index contributed by atoms with van der Waals surface area (Å²) in [7, 11) is -2.94. The highest BCUT2D eigenvalue weighted by atomic mass is 32.2. The molecule has 0 aromatic heterocycles. The van der Waals surface area contributed by atoms with Gasteiger partial charge in [-0.2, -0.15) is 4.72 Å². The number of hydrogen-bond acceptors (Lipinski definition) is 5. The van der Waals surface area contributed by atoms with Gasteiger partial charge in [0.15, 0.2) is 0 Å². The Bertz CT molecular complexity index is 1150. The predicted octanol–water partition coefficient (Wildman–Crippen LogP) is 3.91. The maximum Gasteiger partial charge on any atom is 0.328 e. The summed E-state index contributed by atoms with van der Waals surface area (Å²) in [6.45, 7) is 1.83. The number of methoxy groups -OCH3 is 1. The Kier molecular flexibility index (Phi) is 7.04. The molecule has 162 valence electrons. The number of benzene rings is 3. The van der Waals surface area contributed by atoms with Gasteiger partial charge in [-0.25, -0.2) is 17.6 Å². The van der Waals surface area contributed by atoms with E-state index in [0.717, 1.165) is 17.7 Å². The van der Waals surface area contributed by atoms with E-state index in [-0.39, 0.29) is 10.5 Å². The highest BCUT2D eigenvalue weighted by Crippen LogP contribution is 2.23. The first-order valence-corrected chi connectivity index (χ1v) is 10.9. The van der Waals surface area contributed by atoms with Crippen molar-refractivity contribution in [1.29, 1.82) is 0 Å². The molecule has 3 rings (SSSR count). The van der Waals surface area contributed by atoms with Crippen molar-refractivity contribution in [3.63, 3.8) is 0 Å². The van der Waals surface area contributed by atoms with Crippen LogP contribution in [0.3, 0.4) is 0 Å². The van der Waals surface area contributed by atoms with Crippen LogP contribution in [0, 0.1) is 12.7 Å². The molecule has 3 aromatic carbocycles. The molecular weight excluding hydrogens is 421 g/mol. The van der Waals surface area contributed by atoms with Gasteiger partial charge in [-0.1, -0.05) is 42.5 Å². The maximum atomic E-state index is 13.5. The van der Waals surface area contributed by atoms with E-state index < -0.39 is 27.9 Å². The van der Waals surface area contributed by atoms with Crippen molar-refractivity contribution in [3.05, 3.63) is 95.3 Å². The molecule has 0 bridgehead atoms. The quantitative estimate of drug-likeness (QED) is 0.534. The molecule has 0 amide bonds. The van der Waals surface area contributed by atoms with Crippen molar-refractivity contribution in [2.75, 3.05) is 7.11 Å². The number of esters is 1. The van der Waals surface area contributed by atoms with Crippen LogP contribution in [0.4, 0.5) is 4.39 Å². The first-order valence-electron chi connectivity index (χ1n) is 9.43. The van der Waals surface area contributed by atoms with Crippen molar-refractivity contribution in [2.24, 2.45) is 0 Å². The summed E-state index contributed by atoms with van der Waals surface area (Å²) < 4.78 is 51.8. The lowest BCUT2D eigenvalue weighted by atomic mass is 10.1. The van der Waals surface area contributed by atoms with Gasteiger partial charge in [0, 0.05) is 0 Å². The molecule has 0 aliphatic rings. The van der Waals surface area contributed by atoms with Crippen LogP contribution >= 0.6 is 0 Å². The van der Waals surface area contributed by atoms with E-state index in [1.807, 2.05) is 30.3 Å². The fourth-order valence-corrected chi connectivity index (χ4v) is 4.13. The monoisotopic (exact) mass is 443 g/mol. The Balaban J connectivity index is 1.78. The average Bonchev–Trinajstić information content (AvgIpc) is 2.78. The van der Waals surface area contributed by atoms with Gasteiger partial charge in [0.2, 0.25) is 10.0 Å². The zero-order valence-corrected chi connectivity index (χ0v) is 17.9. The van der Waals surface area contributed by atoms with Crippen molar-refractivity contribution in [3.8, 4) is 5.75 Å². The average molecular weight is 443 g/mol. The van der Waals surface area contributed by atoms with Gasteiger partial charge in [-0.05, 0) is 53.9 Å². The Hall–Kier alpha value is -3.23. The summed E-state index contributed by atoms with van der Waals surface area (Å²) >= 11 is 0. The third-order valence-corrected chi connectivity index (χ3v) is 6.03. The van der Waals surface area contributed by atoms with E-state index in [0.29, 0.717) is 17.9 Å². The van der Waals surface area contributed by atoms with Gasteiger partial charge in [-0.3, -0.25) is 0 Å². The van der Waals surface area contributed by atoms with E-state index in [9.17, 15) is 17.6 Å². The lowest BCUT2D eigenvalue weighted by molar-refractivity contribution is -0.142. The van der Waals surface area contributed by atoms with Gasteiger partial charge in [-0.15, -0.1) is 0 Å². The Morgan fingerprint density at radius 2 is 1.71 bits per heavy atom. The fraction of sp³-hybridized carbons (Fsp3) is 0.174. The molecular formula is C23H22FNO5S. The topological polar surface area (TPSA) is 81.7 Å². The number of carbonyl (C=O) groups is 1. The zero-order chi connectivity index (χ0) is 22.4. The number of sulfonamides is 1. The minimum absolute atomic E-state index is 0.150. The summed E-state index contributed by atoms with van der Waals surface area (Å²) in [5.41, 5.74) is 1.56. The molecule has 6 nitrogen and oxygen atoms in total. The second kappa shape index (κ2) is 9.72. The van der Waals surface area contributed by atoms with Gasteiger partial charge < -0.3 is 9.47 Å². The van der Waals surface area contributed by atoms with E-state index in [2.05, 4.69) is 4.72 Å². The summed E-state index contributed by atoms with van der Waals surface area (Å²) in [4.78, 5) is 12.1. The standard InChI is InChI=1S/C23H22FNO5S/c1-16-14-20(12-13-21(16)24)31(27,28)25-22(23(26)29-2)18-8-10-19(11-9-18)30-15-17-6-4-3-5-7-17/h3-14,22,25H,15H2,1-2H3/t22-/m1/s1. The number of rotatable bonds is 8. The zero-order valence-electron chi connectivity index (χ0n) is 17.0. The van der Waals surface area contributed by atoms with Crippen LogP contribution in [0.1, 0.15) is 22.7 Å². The van der Waals surface area contributed by atoms with Gasteiger partial charge in [0.05, 0.1) is 12.0 Å². The Morgan fingerprint density at radius 3 is 2.32 bits per heavy atom. The Morgan fingerprint density at radius 1 is 1.03 bits per heavy atom. The van der Waals surface area contributed by atoms with Gasteiger partial charge >= 0.3 is 5.97 Å². The summed E-state index contributed by atoms with van der Waals surface area (Å²) in [5, 5.41) is 0. The number of carbonyl (C=O) groups excluding carboxylic acids is 1. The molecule has 0 aliphatic heterocycles. The van der Waals surface area contributed by atoms with E-state index in [1.165, 1.54) is 20.1 Å². The summed E-state index contributed by atoms with van der Waals surface area (Å²) in [6, 6.07) is 18.2. The van der Waals surface area contributed by atoms with Crippen molar-refractivity contribution in [1.82, 2.24) is 4.72 Å². The molecule has 0 fully saturated rings. The molecule has 8 heteroatoms. The predicted molar refractivity (Wildman–Crippen MR) is 113 cm³/mol. The third-order valence-electron chi connectivity index (χ3n) is 4.61. The maximum absolute atomic E-state index is 13.5. The number of nitrogens with one attached hydrogen (secondary N) is 1. The first-order chi connectivity index (χ1) is 14.8. The van der Waals surface area contributed by atoms with Crippen molar-refractivity contribution < 1.29 is 27.1 Å². The minimum atomic E-state index is -4.11. The Labute approximate surface area is 180 Å². The van der Waals surface area contributed by atoms with Crippen molar-refractivity contribution >= 4 is 16.0 Å². The summed E-state index contributed by atoms with van der Waals surface area (Å²) in [6.07, 6.45) is 0. The molecule has 0 radical (unpaired) electrons. The molecule has 31 heavy (non-hydrogen) atoms. The van der Waals surface area contributed by atoms with Crippen LogP contribution < -0.4 is 9.46 Å². The third kappa shape index (κ3) is 5.68. The van der Waals surface area contributed by atoms with E-state index in [4.69, 9.17) is 9.47 Å². The fourth-order valence-electron chi connectivity index (χ4n) is 2.88. The first kappa shape index (κ1) is 22.5. The van der Waals surface area contributed by atoms with Crippen LogP contribution in [-0.2, 0) is 26.2 Å². The molecule has 0 unspecified atom stereocenters. The smallest absolute Gasteiger partial charge is 0.328 e. The molecule has 0 spiro atoms. The van der Waals surface area contributed by atoms with E-state index in [1.54, 1.807) is 24.3 Å². The second-order valence-corrected chi connectivity index (χ2v) is 8.55. The van der Waals surface area contributed by atoms with Crippen LogP contribution in [-0.4, -0.2) is 21.5 Å². The summed E-state index contributed by atoms with van der Waals surface area (Å²) in [5.74, 6) is -0.733. The highest BCUT2D eigenvalue weighted by molar-refractivity contribution is 7.89. The normalized spacial score (nSPS) is 12.2. The lowest BCUT2D eigenvalue weighted by Gasteiger charge is -2.18. The van der Waals surface area contributed by atoms with Crippen LogP contribution in [0.25, 0.3) is 0 Å². The lowest BCUT2D eigenvalue weighted by Crippen LogP contribution is -2.34.